The number of nitrogens with one attached hydrogen (secondary N) is 1. The summed E-state index contributed by atoms with van der Waals surface area (Å²) >= 11 is 1.41. The van der Waals surface area contributed by atoms with Crippen molar-refractivity contribution >= 4 is 11.8 Å². The number of aromatic amines is 1. The van der Waals surface area contributed by atoms with Crippen molar-refractivity contribution in [3.05, 3.63) is 34.4 Å². The third-order valence-corrected chi connectivity index (χ3v) is 4.27. The van der Waals surface area contributed by atoms with E-state index in [0.717, 1.165) is 29.9 Å². The predicted molar refractivity (Wildman–Crippen MR) is 83.5 cm³/mol. The quantitative estimate of drug-likeness (QED) is 0.814. The van der Waals surface area contributed by atoms with Crippen LogP contribution in [0.3, 0.4) is 0 Å². The molecular formula is C14H21N5OS. The smallest absolute Gasteiger partial charge is 0.327 e. The van der Waals surface area contributed by atoms with Crippen molar-refractivity contribution in [2.45, 2.75) is 55.9 Å². The number of hydrogen-bond acceptors (Lipinski definition) is 5. The van der Waals surface area contributed by atoms with Gasteiger partial charge in [-0.2, -0.15) is 0 Å². The zero-order valence-electron chi connectivity index (χ0n) is 12.4. The second-order valence-electron chi connectivity index (χ2n) is 4.91. The van der Waals surface area contributed by atoms with E-state index in [1.54, 1.807) is 10.8 Å². The van der Waals surface area contributed by atoms with Crippen molar-refractivity contribution in [1.82, 2.24) is 19.7 Å². The highest BCUT2D eigenvalue weighted by atomic mass is 32.2. The van der Waals surface area contributed by atoms with Gasteiger partial charge in [0, 0.05) is 18.8 Å². The second-order valence-corrected chi connectivity index (χ2v) is 5.86. The van der Waals surface area contributed by atoms with Crippen LogP contribution >= 0.6 is 11.8 Å². The van der Waals surface area contributed by atoms with Gasteiger partial charge in [0.2, 0.25) is 0 Å². The average molecular weight is 307 g/mol. The fraction of sp³-hybridized carbons (Fsp3) is 0.500. The molecule has 7 heteroatoms. The molecule has 114 valence electrons. The van der Waals surface area contributed by atoms with E-state index in [1.165, 1.54) is 11.8 Å². The Balaban J connectivity index is 2.25. The Morgan fingerprint density at radius 2 is 2.29 bits per heavy atom. The van der Waals surface area contributed by atoms with Crippen molar-refractivity contribution in [2.24, 2.45) is 5.73 Å². The van der Waals surface area contributed by atoms with Gasteiger partial charge >= 0.3 is 5.69 Å². The van der Waals surface area contributed by atoms with Crippen LogP contribution in [0.15, 0.2) is 33.3 Å². The van der Waals surface area contributed by atoms with Crippen molar-refractivity contribution < 1.29 is 0 Å². The number of nitrogens with two attached hydrogens (primary N) is 1. The third-order valence-electron chi connectivity index (χ3n) is 3.21. The Kier molecular flexibility index (Phi) is 5.58. The maximum atomic E-state index is 11.7. The minimum atomic E-state index is -0.179. The van der Waals surface area contributed by atoms with Crippen LogP contribution in [0.2, 0.25) is 0 Å². The van der Waals surface area contributed by atoms with Crippen LogP contribution in [0.1, 0.15) is 32.3 Å². The summed E-state index contributed by atoms with van der Waals surface area (Å²) in [4.78, 5) is 16.1. The maximum Gasteiger partial charge on any atom is 0.343 e. The summed E-state index contributed by atoms with van der Waals surface area (Å²) in [5, 5.41) is 8.09. The predicted octanol–water partition coefficient (Wildman–Crippen LogP) is 1.81. The highest BCUT2D eigenvalue weighted by Gasteiger charge is 2.14. The fourth-order valence-corrected chi connectivity index (χ4v) is 2.93. The molecule has 0 spiro atoms. The van der Waals surface area contributed by atoms with Gasteiger partial charge in [0.1, 0.15) is 5.03 Å². The molecule has 0 bridgehead atoms. The Labute approximate surface area is 128 Å². The number of aromatic nitrogens is 4. The summed E-state index contributed by atoms with van der Waals surface area (Å²) in [5.41, 5.74) is 6.95. The van der Waals surface area contributed by atoms with Crippen molar-refractivity contribution in [2.75, 3.05) is 0 Å². The lowest BCUT2D eigenvalue weighted by molar-refractivity contribution is 0.602. The first-order valence-electron chi connectivity index (χ1n) is 7.18. The van der Waals surface area contributed by atoms with E-state index in [9.17, 15) is 4.79 Å². The summed E-state index contributed by atoms with van der Waals surface area (Å²) in [6.45, 7) is 4.75. The van der Waals surface area contributed by atoms with E-state index < -0.39 is 0 Å². The Hall–Kier alpha value is -1.60. The van der Waals surface area contributed by atoms with Crippen LogP contribution in [-0.4, -0.2) is 25.8 Å². The number of hydrogen-bond donors (Lipinski definition) is 2. The van der Waals surface area contributed by atoms with Crippen molar-refractivity contribution in [3.8, 4) is 0 Å². The lowest BCUT2D eigenvalue weighted by Gasteiger charge is -2.12. The molecular weight excluding hydrogens is 286 g/mol. The molecule has 21 heavy (non-hydrogen) atoms. The molecule has 3 N–H and O–H groups in total. The zero-order valence-corrected chi connectivity index (χ0v) is 13.2. The second kappa shape index (κ2) is 7.42. The molecule has 0 aliphatic rings. The molecule has 0 saturated carbocycles. The highest BCUT2D eigenvalue weighted by Crippen LogP contribution is 2.27. The van der Waals surface area contributed by atoms with Crippen molar-refractivity contribution in [1.29, 1.82) is 0 Å². The highest BCUT2D eigenvalue weighted by molar-refractivity contribution is 7.99. The number of nitrogens with zero attached hydrogens (tertiary/aromatic N) is 3. The SMILES string of the molecule is CCCn1c(Sc2ncccc2CC(N)CC)n[nH]c1=O. The van der Waals surface area contributed by atoms with Crippen LogP contribution in [0.4, 0.5) is 0 Å². The summed E-state index contributed by atoms with van der Waals surface area (Å²) in [6, 6.07) is 4.05. The van der Waals surface area contributed by atoms with E-state index >= 15 is 0 Å². The van der Waals surface area contributed by atoms with Gasteiger partial charge in [-0.3, -0.25) is 4.57 Å². The standard InChI is InChI=1S/C14H21N5OS/c1-3-8-19-13(20)17-18-14(19)21-12-10(6-5-7-16-12)9-11(15)4-2/h5-7,11H,3-4,8-9,15H2,1-2H3,(H,17,20). The minimum absolute atomic E-state index is 0.116. The Morgan fingerprint density at radius 1 is 1.48 bits per heavy atom. The molecule has 2 heterocycles. The van der Waals surface area contributed by atoms with Gasteiger partial charge in [0.15, 0.2) is 5.16 Å². The summed E-state index contributed by atoms with van der Waals surface area (Å²) < 4.78 is 1.64. The molecule has 0 fully saturated rings. The third kappa shape index (κ3) is 3.95. The van der Waals surface area contributed by atoms with Crippen LogP contribution in [0, 0.1) is 0 Å². The molecule has 2 aromatic rings. The van der Waals surface area contributed by atoms with Crippen LogP contribution < -0.4 is 11.4 Å². The largest absolute Gasteiger partial charge is 0.343 e. The lowest BCUT2D eigenvalue weighted by Crippen LogP contribution is -2.22. The molecule has 2 rings (SSSR count). The molecule has 0 amide bonds. The first-order chi connectivity index (χ1) is 10.2. The molecule has 0 aliphatic heterocycles. The van der Waals surface area contributed by atoms with Gasteiger partial charge in [-0.15, -0.1) is 5.10 Å². The van der Waals surface area contributed by atoms with E-state index in [-0.39, 0.29) is 11.7 Å². The summed E-state index contributed by atoms with van der Waals surface area (Å²) in [6.07, 6.45) is 4.32. The molecule has 0 aliphatic carbocycles. The van der Waals surface area contributed by atoms with Gasteiger partial charge in [-0.25, -0.2) is 14.9 Å². The molecule has 0 saturated heterocycles. The van der Waals surface area contributed by atoms with Gasteiger partial charge in [0.05, 0.1) is 0 Å². The molecule has 1 unspecified atom stereocenters. The Bertz CT molecular complexity index is 636. The minimum Gasteiger partial charge on any atom is -0.327 e. The van der Waals surface area contributed by atoms with E-state index in [0.29, 0.717) is 11.7 Å². The summed E-state index contributed by atoms with van der Waals surface area (Å²) in [5.74, 6) is 0. The number of rotatable bonds is 7. The average Bonchev–Trinajstić information content (AvgIpc) is 2.82. The van der Waals surface area contributed by atoms with Crippen molar-refractivity contribution in [3.63, 3.8) is 0 Å². The van der Waals surface area contributed by atoms with E-state index in [2.05, 4.69) is 22.1 Å². The zero-order chi connectivity index (χ0) is 15.2. The van der Waals surface area contributed by atoms with Crippen LogP contribution in [0.25, 0.3) is 0 Å². The number of H-pyrrole nitrogens is 1. The Morgan fingerprint density at radius 3 is 3.00 bits per heavy atom. The molecule has 0 radical (unpaired) electrons. The molecule has 1 atom stereocenters. The van der Waals surface area contributed by atoms with Gasteiger partial charge in [-0.05, 0) is 42.7 Å². The van der Waals surface area contributed by atoms with Crippen LogP contribution in [-0.2, 0) is 13.0 Å². The molecule has 2 aromatic heterocycles. The number of pyridine rings is 1. The van der Waals surface area contributed by atoms with Gasteiger partial charge < -0.3 is 5.73 Å². The fourth-order valence-electron chi connectivity index (χ4n) is 1.99. The maximum absolute atomic E-state index is 11.7. The monoisotopic (exact) mass is 307 g/mol. The topological polar surface area (TPSA) is 89.6 Å². The van der Waals surface area contributed by atoms with Gasteiger partial charge in [0.25, 0.3) is 0 Å². The van der Waals surface area contributed by atoms with Gasteiger partial charge in [-0.1, -0.05) is 19.9 Å². The lowest BCUT2D eigenvalue weighted by atomic mass is 10.1. The molecule has 0 aromatic carbocycles. The summed E-state index contributed by atoms with van der Waals surface area (Å²) in [7, 11) is 0. The van der Waals surface area contributed by atoms with Crippen LogP contribution in [0.5, 0.6) is 0 Å². The van der Waals surface area contributed by atoms with E-state index in [1.807, 2.05) is 19.1 Å². The van der Waals surface area contributed by atoms with E-state index in [4.69, 9.17) is 5.73 Å². The normalized spacial score (nSPS) is 12.5. The first-order valence-corrected chi connectivity index (χ1v) is 7.99. The molecule has 6 nitrogen and oxygen atoms in total. The first kappa shape index (κ1) is 15.8.